The summed E-state index contributed by atoms with van der Waals surface area (Å²) in [6.07, 6.45) is 0.576. The lowest BCUT2D eigenvalue weighted by Gasteiger charge is -2.09. The van der Waals surface area contributed by atoms with E-state index < -0.39 is 5.97 Å². The number of halogens is 1. The Bertz CT molecular complexity index is 426. The SMILES string of the molecule is COC(=O)C(=CO)Oc1cc(Br)ccc1C. The summed E-state index contributed by atoms with van der Waals surface area (Å²) in [5.41, 5.74) is 0.839. The molecule has 0 aliphatic rings. The number of hydrogen-bond donors (Lipinski definition) is 1. The van der Waals surface area contributed by atoms with E-state index in [2.05, 4.69) is 20.7 Å². The predicted molar refractivity (Wildman–Crippen MR) is 62.2 cm³/mol. The third-order valence-corrected chi connectivity index (χ3v) is 2.37. The van der Waals surface area contributed by atoms with E-state index in [0.29, 0.717) is 12.0 Å². The Morgan fingerprint density at radius 2 is 2.19 bits per heavy atom. The standard InChI is InChI=1S/C11H11BrO4/c1-7-3-4-8(12)5-9(7)16-10(6-13)11(14)15-2/h3-6,13H,1-2H3. The summed E-state index contributed by atoms with van der Waals surface area (Å²) in [6, 6.07) is 5.37. The first kappa shape index (κ1) is 12.6. The lowest BCUT2D eigenvalue weighted by molar-refractivity contribution is -0.138. The van der Waals surface area contributed by atoms with Gasteiger partial charge in [0, 0.05) is 4.47 Å². The fraction of sp³-hybridized carbons (Fsp3) is 0.182. The Labute approximate surface area is 102 Å². The van der Waals surface area contributed by atoms with Gasteiger partial charge in [0.05, 0.1) is 7.11 Å². The molecule has 1 aromatic carbocycles. The molecule has 0 aliphatic carbocycles. The molecule has 0 atom stereocenters. The van der Waals surface area contributed by atoms with E-state index in [-0.39, 0.29) is 5.76 Å². The summed E-state index contributed by atoms with van der Waals surface area (Å²) < 4.78 is 10.5. The fourth-order valence-corrected chi connectivity index (χ4v) is 1.36. The molecule has 1 N–H and O–H groups in total. The Balaban J connectivity index is 2.95. The lowest BCUT2D eigenvalue weighted by Crippen LogP contribution is -2.11. The molecular formula is C11H11BrO4. The van der Waals surface area contributed by atoms with Crippen molar-refractivity contribution in [3.63, 3.8) is 0 Å². The number of rotatable bonds is 3. The van der Waals surface area contributed by atoms with Gasteiger partial charge in [0.25, 0.3) is 0 Å². The third-order valence-electron chi connectivity index (χ3n) is 1.87. The summed E-state index contributed by atoms with van der Waals surface area (Å²) in [4.78, 5) is 11.2. The number of esters is 1. The van der Waals surface area contributed by atoms with Crippen LogP contribution in [0.4, 0.5) is 0 Å². The molecule has 0 saturated heterocycles. The molecule has 0 bridgehead atoms. The summed E-state index contributed by atoms with van der Waals surface area (Å²) in [5.74, 6) is -0.523. The molecule has 0 saturated carbocycles. The van der Waals surface area contributed by atoms with Crippen molar-refractivity contribution in [2.75, 3.05) is 7.11 Å². The average molecular weight is 287 g/mol. The lowest BCUT2D eigenvalue weighted by atomic mass is 10.2. The van der Waals surface area contributed by atoms with Gasteiger partial charge in [0.15, 0.2) is 0 Å². The Kier molecular flexibility index (Phi) is 4.37. The van der Waals surface area contributed by atoms with Gasteiger partial charge in [-0.15, -0.1) is 0 Å². The van der Waals surface area contributed by atoms with Crippen LogP contribution >= 0.6 is 15.9 Å². The average Bonchev–Trinajstić information content (AvgIpc) is 2.29. The van der Waals surface area contributed by atoms with Gasteiger partial charge in [-0.2, -0.15) is 0 Å². The smallest absolute Gasteiger partial charge is 0.377 e. The van der Waals surface area contributed by atoms with Crippen LogP contribution in [-0.4, -0.2) is 18.2 Å². The molecule has 1 aromatic rings. The molecule has 0 radical (unpaired) electrons. The number of hydrogen-bond acceptors (Lipinski definition) is 4. The number of benzene rings is 1. The molecule has 5 heteroatoms. The molecule has 0 amide bonds. The van der Waals surface area contributed by atoms with Crippen molar-refractivity contribution < 1.29 is 19.4 Å². The first-order valence-electron chi connectivity index (χ1n) is 4.45. The maximum atomic E-state index is 11.2. The van der Waals surface area contributed by atoms with Crippen molar-refractivity contribution in [1.82, 2.24) is 0 Å². The molecule has 0 unspecified atom stereocenters. The zero-order valence-corrected chi connectivity index (χ0v) is 10.4. The summed E-state index contributed by atoms with van der Waals surface area (Å²) in [5, 5.41) is 8.85. The molecule has 0 aromatic heterocycles. The topological polar surface area (TPSA) is 55.8 Å². The van der Waals surface area contributed by atoms with E-state index in [0.717, 1.165) is 10.0 Å². The molecule has 0 fully saturated rings. The highest BCUT2D eigenvalue weighted by Crippen LogP contribution is 2.24. The molecule has 86 valence electrons. The summed E-state index contributed by atoms with van der Waals surface area (Å²) >= 11 is 3.28. The summed E-state index contributed by atoms with van der Waals surface area (Å²) in [6.45, 7) is 1.83. The van der Waals surface area contributed by atoms with Gasteiger partial charge in [0.1, 0.15) is 12.0 Å². The number of ether oxygens (including phenoxy) is 2. The number of carbonyl (C=O) groups is 1. The van der Waals surface area contributed by atoms with Crippen molar-refractivity contribution in [2.45, 2.75) is 6.92 Å². The molecule has 0 spiro atoms. The van der Waals surface area contributed by atoms with Crippen LogP contribution in [0.25, 0.3) is 0 Å². The number of aliphatic hydroxyl groups is 1. The molecule has 16 heavy (non-hydrogen) atoms. The van der Waals surface area contributed by atoms with E-state index in [1.807, 2.05) is 19.1 Å². The van der Waals surface area contributed by atoms with E-state index >= 15 is 0 Å². The Morgan fingerprint density at radius 1 is 1.50 bits per heavy atom. The number of carbonyl (C=O) groups excluding carboxylic acids is 1. The normalized spacial score (nSPS) is 11.1. The van der Waals surface area contributed by atoms with E-state index in [1.54, 1.807) is 6.07 Å². The highest BCUT2D eigenvalue weighted by atomic mass is 79.9. The second kappa shape index (κ2) is 5.55. The van der Waals surface area contributed by atoms with Gasteiger partial charge in [-0.25, -0.2) is 4.79 Å². The number of methoxy groups -OCH3 is 1. The van der Waals surface area contributed by atoms with Crippen LogP contribution in [0.2, 0.25) is 0 Å². The third kappa shape index (κ3) is 3.00. The van der Waals surface area contributed by atoms with E-state index in [1.165, 1.54) is 7.11 Å². The van der Waals surface area contributed by atoms with Crippen molar-refractivity contribution >= 4 is 21.9 Å². The van der Waals surface area contributed by atoms with Crippen molar-refractivity contribution in [2.24, 2.45) is 0 Å². The largest absolute Gasteiger partial charge is 0.511 e. The second-order valence-corrected chi connectivity index (χ2v) is 3.91. The van der Waals surface area contributed by atoms with Crippen molar-refractivity contribution in [1.29, 1.82) is 0 Å². The van der Waals surface area contributed by atoms with Gasteiger partial charge < -0.3 is 14.6 Å². The van der Waals surface area contributed by atoms with Gasteiger partial charge in [-0.1, -0.05) is 22.0 Å². The highest BCUT2D eigenvalue weighted by molar-refractivity contribution is 9.10. The molecule has 1 rings (SSSR count). The van der Waals surface area contributed by atoms with Crippen LogP contribution in [0.3, 0.4) is 0 Å². The zero-order valence-electron chi connectivity index (χ0n) is 8.86. The molecule has 0 heterocycles. The minimum absolute atomic E-state index is 0.260. The van der Waals surface area contributed by atoms with Crippen LogP contribution in [-0.2, 0) is 9.53 Å². The van der Waals surface area contributed by atoms with Gasteiger partial charge in [-0.3, -0.25) is 0 Å². The Hall–Kier alpha value is -1.49. The van der Waals surface area contributed by atoms with Crippen LogP contribution < -0.4 is 4.74 Å². The molecule has 4 nitrogen and oxygen atoms in total. The van der Waals surface area contributed by atoms with Crippen molar-refractivity contribution in [3.8, 4) is 5.75 Å². The number of aryl methyl sites for hydroxylation is 1. The molecular weight excluding hydrogens is 276 g/mol. The van der Waals surface area contributed by atoms with Gasteiger partial charge in [0.2, 0.25) is 5.76 Å². The van der Waals surface area contributed by atoms with E-state index in [4.69, 9.17) is 9.84 Å². The number of aliphatic hydroxyl groups excluding tert-OH is 1. The molecule has 0 aliphatic heterocycles. The second-order valence-electron chi connectivity index (χ2n) is 3.00. The first-order chi connectivity index (χ1) is 7.58. The Morgan fingerprint density at radius 3 is 2.75 bits per heavy atom. The van der Waals surface area contributed by atoms with Gasteiger partial charge in [-0.05, 0) is 24.6 Å². The van der Waals surface area contributed by atoms with Gasteiger partial charge >= 0.3 is 5.97 Å². The first-order valence-corrected chi connectivity index (χ1v) is 5.24. The van der Waals surface area contributed by atoms with E-state index in [9.17, 15) is 4.79 Å². The minimum atomic E-state index is -0.734. The summed E-state index contributed by atoms with van der Waals surface area (Å²) in [7, 11) is 1.21. The van der Waals surface area contributed by atoms with Crippen LogP contribution in [0.15, 0.2) is 34.7 Å². The quantitative estimate of drug-likeness (QED) is 0.527. The zero-order chi connectivity index (χ0) is 12.1. The van der Waals surface area contributed by atoms with Crippen LogP contribution in [0.5, 0.6) is 5.75 Å². The minimum Gasteiger partial charge on any atom is -0.511 e. The van der Waals surface area contributed by atoms with Crippen LogP contribution in [0.1, 0.15) is 5.56 Å². The maximum Gasteiger partial charge on any atom is 0.377 e. The fourth-order valence-electron chi connectivity index (χ4n) is 1.02. The van der Waals surface area contributed by atoms with Crippen molar-refractivity contribution in [3.05, 3.63) is 40.3 Å². The predicted octanol–water partition coefficient (Wildman–Crippen LogP) is 2.71. The highest BCUT2D eigenvalue weighted by Gasteiger charge is 2.13. The van der Waals surface area contributed by atoms with Crippen LogP contribution in [0, 0.1) is 6.92 Å². The monoisotopic (exact) mass is 286 g/mol. The maximum absolute atomic E-state index is 11.2.